The molecule has 0 saturated heterocycles. The zero-order valence-electron chi connectivity index (χ0n) is 15.0. The molecule has 0 unspecified atom stereocenters. The van der Waals surface area contributed by atoms with Gasteiger partial charge in [0.1, 0.15) is 5.75 Å². The summed E-state index contributed by atoms with van der Waals surface area (Å²) < 4.78 is 10.6. The fourth-order valence-electron chi connectivity index (χ4n) is 2.23. The van der Waals surface area contributed by atoms with Crippen molar-refractivity contribution in [2.45, 2.75) is 20.0 Å². The number of esters is 1. The van der Waals surface area contributed by atoms with Crippen molar-refractivity contribution in [3.05, 3.63) is 54.1 Å². The van der Waals surface area contributed by atoms with Crippen LogP contribution in [-0.2, 0) is 9.53 Å². The Labute approximate surface area is 156 Å². The van der Waals surface area contributed by atoms with Crippen LogP contribution >= 0.6 is 0 Å². The van der Waals surface area contributed by atoms with Crippen molar-refractivity contribution >= 4 is 29.3 Å². The van der Waals surface area contributed by atoms with Crippen molar-refractivity contribution in [1.82, 2.24) is 0 Å². The second kappa shape index (κ2) is 9.23. The van der Waals surface area contributed by atoms with Gasteiger partial charge in [-0.1, -0.05) is 18.2 Å². The van der Waals surface area contributed by atoms with E-state index in [0.29, 0.717) is 23.7 Å². The number of hydrogen-bond acceptors (Lipinski definition) is 5. The van der Waals surface area contributed by atoms with Crippen molar-refractivity contribution in [1.29, 1.82) is 0 Å². The number of urea groups is 1. The van der Waals surface area contributed by atoms with Crippen LogP contribution in [0.4, 0.5) is 16.2 Å². The lowest BCUT2D eigenvalue weighted by Crippen LogP contribution is -2.30. The highest BCUT2D eigenvalue weighted by atomic mass is 16.5. The zero-order valence-corrected chi connectivity index (χ0v) is 15.0. The molecule has 142 valence electrons. The molecule has 0 fully saturated rings. The van der Waals surface area contributed by atoms with Gasteiger partial charge >= 0.3 is 12.0 Å². The van der Waals surface area contributed by atoms with Crippen molar-refractivity contribution < 1.29 is 23.9 Å². The van der Waals surface area contributed by atoms with E-state index in [4.69, 9.17) is 15.2 Å². The van der Waals surface area contributed by atoms with E-state index >= 15 is 0 Å². The minimum atomic E-state index is -1.04. The number of rotatable bonds is 7. The van der Waals surface area contributed by atoms with Crippen LogP contribution < -0.4 is 21.1 Å². The minimum Gasteiger partial charge on any atom is -0.492 e. The van der Waals surface area contributed by atoms with Gasteiger partial charge in [-0.2, -0.15) is 0 Å². The fourth-order valence-corrected chi connectivity index (χ4v) is 2.23. The monoisotopic (exact) mass is 371 g/mol. The molecule has 27 heavy (non-hydrogen) atoms. The number of benzene rings is 2. The molecule has 2 aromatic rings. The van der Waals surface area contributed by atoms with Gasteiger partial charge in [-0.3, -0.25) is 4.79 Å². The SMILES string of the molecule is CCOc1ccccc1NC(=O)[C@H](C)OC(=O)c1cccc(NC(N)=O)c1. The van der Waals surface area contributed by atoms with Gasteiger partial charge in [-0.25, -0.2) is 9.59 Å². The standard InChI is InChI=1S/C19H21N3O5/c1-3-26-16-10-5-4-9-15(16)22-17(23)12(2)27-18(24)13-7-6-8-14(11-13)21-19(20)25/h4-12H,3H2,1-2H3,(H,22,23)(H3,20,21,25)/t12-/m0/s1. The van der Waals surface area contributed by atoms with Gasteiger partial charge < -0.3 is 25.8 Å². The van der Waals surface area contributed by atoms with E-state index in [1.54, 1.807) is 36.4 Å². The first-order valence-electron chi connectivity index (χ1n) is 8.31. The van der Waals surface area contributed by atoms with Crippen LogP contribution in [0.1, 0.15) is 24.2 Å². The van der Waals surface area contributed by atoms with Crippen LogP contribution in [0, 0.1) is 0 Å². The Kier molecular flexibility index (Phi) is 6.76. The largest absolute Gasteiger partial charge is 0.492 e. The molecule has 1 atom stereocenters. The van der Waals surface area contributed by atoms with E-state index in [0.717, 1.165) is 0 Å². The summed E-state index contributed by atoms with van der Waals surface area (Å²) in [6.07, 6.45) is -1.04. The number of ether oxygens (including phenoxy) is 2. The molecule has 0 radical (unpaired) electrons. The highest BCUT2D eigenvalue weighted by Gasteiger charge is 2.20. The van der Waals surface area contributed by atoms with E-state index in [1.807, 2.05) is 6.92 Å². The number of carbonyl (C=O) groups is 3. The van der Waals surface area contributed by atoms with Gasteiger partial charge in [0.05, 0.1) is 17.9 Å². The molecule has 4 N–H and O–H groups in total. The predicted octanol–water partition coefficient (Wildman–Crippen LogP) is 2.76. The summed E-state index contributed by atoms with van der Waals surface area (Å²) in [6, 6.07) is 12.3. The molecule has 0 saturated carbocycles. The Morgan fingerprint density at radius 3 is 2.52 bits per heavy atom. The highest BCUT2D eigenvalue weighted by Crippen LogP contribution is 2.24. The summed E-state index contributed by atoms with van der Waals surface area (Å²) in [7, 11) is 0. The molecule has 0 spiro atoms. The van der Waals surface area contributed by atoms with Crippen LogP contribution in [0.2, 0.25) is 0 Å². The molecule has 0 aliphatic rings. The van der Waals surface area contributed by atoms with Crippen LogP contribution in [0.15, 0.2) is 48.5 Å². The molecular formula is C19H21N3O5. The quantitative estimate of drug-likeness (QED) is 0.647. The third kappa shape index (κ3) is 5.74. The number of hydrogen-bond donors (Lipinski definition) is 3. The molecule has 0 aliphatic carbocycles. The summed E-state index contributed by atoms with van der Waals surface area (Å²) in [6.45, 7) is 3.75. The maximum Gasteiger partial charge on any atom is 0.338 e. The number of anilines is 2. The smallest absolute Gasteiger partial charge is 0.338 e. The first-order chi connectivity index (χ1) is 12.9. The summed E-state index contributed by atoms with van der Waals surface area (Å²) in [5.74, 6) is -0.678. The Morgan fingerprint density at radius 1 is 1.07 bits per heavy atom. The molecule has 8 nitrogen and oxygen atoms in total. The maximum absolute atomic E-state index is 12.3. The second-order valence-corrected chi connectivity index (χ2v) is 5.54. The molecule has 0 aromatic heterocycles. The number of amides is 3. The van der Waals surface area contributed by atoms with Crippen molar-refractivity contribution in [3.8, 4) is 5.75 Å². The predicted molar refractivity (Wildman–Crippen MR) is 101 cm³/mol. The average Bonchev–Trinajstić information content (AvgIpc) is 2.63. The number of nitrogens with two attached hydrogens (primary N) is 1. The van der Waals surface area contributed by atoms with Gasteiger partial charge in [-0.15, -0.1) is 0 Å². The molecular weight excluding hydrogens is 350 g/mol. The van der Waals surface area contributed by atoms with Gasteiger partial charge in [0.2, 0.25) is 0 Å². The topological polar surface area (TPSA) is 120 Å². The van der Waals surface area contributed by atoms with E-state index in [1.165, 1.54) is 19.1 Å². The fraction of sp³-hybridized carbons (Fsp3) is 0.211. The molecule has 0 aliphatic heterocycles. The molecule has 0 heterocycles. The van der Waals surface area contributed by atoms with Gasteiger partial charge in [0.15, 0.2) is 6.10 Å². The first kappa shape index (κ1) is 19.8. The highest BCUT2D eigenvalue weighted by molar-refractivity contribution is 5.98. The Balaban J connectivity index is 2.02. The Morgan fingerprint density at radius 2 is 1.81 bits per heavy atom. The number of para-hydroxylation sites is 2. The molecule has 3 amide bonds. The third-order valence-electron chi connectivity index (χ3n) is 3.46. The summed E-state index contributed by atoms with van der Waals surface area (Å²) in [5, 5.41) is 5.04. The van der Waals surface area contributed by atoms with Crippen molar-refractivity contribution in [2.24, 2.45) is 5.73 Å². The van der Waals surface area contributed by atoms with E-state index in [2.05, 4.69) is 10.6 Å². The maximum atomic E-state index is 12.3. The normalized spacial score (nSPS) is 11.2. The molecule has 2 aromatic carbocycles. The lowest BCUT2D eigenvalue weighted by atomic mass is 10.2. The number of primary amides is 1. The van der Waals surface area contributed by atoms with Gasteiger partial charge in [-0.05, 0) is 44.2 Å². The van der Waals surface area contributed by atoms with Crippen molar-refractivity contribution in [3.63, 3.8) is 0 Å². The van der Waals surface area contributed by atoms with Crippen LogP contribution in [0.5, 0.6) is 5.75 Å². The van der Waals surface area contributed by atoms with E-state index in [9.17, 15) is 14.4 Å². The number of nitrogens with one attached hydrogen (secondary N) is 2. The molecule has 2 rings (SSSR count). The molecule has 8 heteroatoms. The second-order valence-electron chi connectivity index (χ2n) is 5.54. The lowest BCUT2D eigenvalue weighted by Gasteiger charge is -2.16. The van der Waals surface area contributed by atoms with Gasteiger partial charge in [0.25, 0.3) is 5.91 Å². The third-order valence-corrected chi connectivity index (χ3v) is 3.46. The molecule has 0 bridgehead atoms. The van der Waals surface area contributed by atoms with Crippen LogP contribution in [0.3, 0.4) is 0 Å². The van der Waals surface area contributed by atoms with E-state index in [-0.39, 0.29) is 5.56 Å². The Bertz CT molecular complexity index is 838. The van der Waals surface area contributed by atoms with E-state index < -0.39 is 24.0 Å². The van der Waals surface area contributed by atoms with Crippen LogP contribution in [-0.4, -0.2) is 30.6 Å². The first-order valence-corrected chi connectivity index (χ1v) is 8.31. The zero-order chi connectivity index (χ0) is 19.8. The average molecular weight is 371 g/mol. The van der Waals surface area contributed by atoms with Crippen molar-refractivity contribution in [2.75, 3.05) is 17.2 Å². The summed E-state index contributed by atoms with van der Waals surface area (Å²) in [5.41, 5.74) is 6.06. The summed E-state index contributed by atoms with van der Waals surface area (Å²) >= 11 is 0. The Hall–Kier alpha value is -3.55. The minimum absolute atomic E-state index is 0.176. The lowest BCUT2D eigenvalue weighted by molar-refractivity contribution is -0.123. The summed E-state index contributed by atoms with van der Waals surface area (Å²) in [4.78, 5) is 35.5. The van der Waals surface area contributed by atoms with Gasteiger partial charge in [0, 0.05) is 5.69 Å². The van der Waals surface area contributed by atoms with Crippen LogP contribution in [0.25, 0.3) is 0 Å². The number of carbonyl (C=O) groups excluding carboxylic acids is 3.